The maximum atomic E-state index is 12.2. The molecule has 0 amide bonds. The Hall–Kier alpha value is -0.800. The molecule has 19 heavy (non-hydrogen) atoms. The minimum absolute atomic E-state index is 0.00234. The van der Waals surface area contributed by atoms with Crippen molar-refractivity contribution in [1.29, 1.82) is 0 Å². The van der Waals surface area contributed by atoms with Crippen molar-refractivity contribution in [2.24, 2.45) is 4.99 Å². The molecule has 5 heteroatoms. The van der Waals surface area contributed by atoms with E-state index in [0.717, 1.165) is 12.8 Å². The average Bonchev–Trinajstić information content (AvgIpc) is 2.32. The second-order valence-corrected chi connectivity index (χ2v) is 7.26. The molecule has 0 aromatic rings. The van der Waals surface area contributed by atoms with Gasteiger partial charge in [0.15, 0.2) is 5.54 Å². The van der Waals surface area contributed by atoms with E-state index in [1.54, 1.807) is 24.8 Å². The SMILES string of the molecule is CCCC[C@](CSC(C)(C)C)(N=C=O)C(=O)OCC. The van der Waals surface area contributed by atoms with Gasteiger partial charge in [0.05, 0.1) is 6.61 Å². The minimum atomic E-state index is -1.08. The average molecular weight is 287 g/mol. The number of aliphatic imine (C=N–C) groups is 1. The van der Waals surface area contributed by atoms with Gasteiger partial charge in [0, 0.05) is 10.5 Å². The number of isocyanates is 1. The summed E-state index contributed by atoms with van der Waals surface area (Å²) in [6.07, 6.45) is 3.85. The van der Waals surface area contributed by atoms with Gasteiger partial charge < -0.3 is 4.74 Å². The standard InChI is InChI=1S/C14H25NO3S/c1-6-8-9-14(15-11-16,12(17)18-7-2)10-19-13(3,4)5/h6-10H2,1-5H3/t14-/m1/s1. The lowest BCUT2D eigenvalue weighted by Gasteiger charge is -2.29. The lowest BCUT2D eigenvalue weighted by molar-refractivity contribution is -0.148. The van der Waals surface area contributed by atoms with Crippen LogP contribution in [0, 0.1) is 0 Å². The zero-order chi connectivity index (χ0) is 14.9. The van der Waals surface area contributed by atoms with Crippen molar-refractivity contribution >= 4 is 23.8 Å². The first kappa shape index (κ1) is 18.2. The Bertz CT molecular complexity index is 332. The zero-order valence-corrected chi connectivity index (χ0v) is 13.4. The first-order valence-electron chi connectivity index (χ1n) is 6.71. The predicted octanol–water partition coefficient (Wildman–Crippen LogP) is 3.35. The Morgan fingerprint density at radius 1 is 1.32 bits per heavy atom. The fourth-order valence-electron chi connectivity index (χ4n) is 1.52. The van der Waals surface area contributed by atoms with Crippen molar-refractivity contribution in [3.8, 4) is 0 Å². The summed E-state index contributed by atoms with van der Waals surface area (Å²) in [6, 6.07) is 0. The van der Waals surface area contributed by atoms with Gasteiger partial charge in [-0.2, -0.15) is 16.8 Å². The van der Waals surface area contributed by atoms with Gasteiger partial charge in [0.1, 0.15) is 0 Å². The predicted molar refractivity (Wildman–Crippen MR) is 79.2 cm³/mol. The molecule has 0 saturated heterocycles. The number of hydrogen-bond acceptors (Lipinski definition) is 5. The van der Waals surface area contributed by atoms with E-state index in [9.17, 15) is 9.59 Å². The molecule has 0 N–H and O–H groups in total. The van der Waals surface area contributed by atoms with Gasteiger partial charge >= 0.3 is 5.97 Å². The smallest absolute Gasteiger partial charge is 0.335 e. The highest BCUT2D eigenvalue weighted by Crippen LogP contribution is 2.32. The van der Waals surface area contributed by atoms with E-state index in [4.69, 9.17) is 4.74 Å². The molecule has 0 aliphatic rings. The lowest BCUT2D eigenvalue weighted by Crippen LogP contribution is -2.42. The molecule has 0 aliphatic heterocycles. The van der Waals surface area contributed by atoms with Crippen LogP contribution in [0.1, 0.15) is 53.9 Å². The summed E-state index contributed by atoms with van der Waals surface area (Å²) >= 11 is 1.61. The highest BCUT2D eigenvalue weighted by atomic mass is 32.2. The van der Waals surface area contributed by atoms with E-state index in [2.05, 4.69) is 25.8 Å². The van der Waals surface area contributed by atoms with Crippen molar-refractivity contribution in [2.75, 3.05) is 12.4 Å². The first-order valence-corrected chi connectivity index (χ1v) is 7.70. The Morgan fingerprint density at radius 2 is 1.95 bits per heavy atom. The van der Waals surface area contributed by atoms with Crippen LogP contribution >= 0.6 is 11.8 Å². The van der Waals surface area contributed by atoms with Crippen LogP contribution < -0.4 is 0 Å². The second-order valence-electron chi connectivity index (χ2n) is 5.46. The van der Waals surface area contributed by atoms with Crippen molar-refractivity contribution in [2.45, 2.75) is 64.2 Å². The summed E-state index contributed by atoms with van der Waals surface area (Å²) < 4.78 is 5.10. The molecular weight excluding hydrogens is 262 g/mol. The molecule has 0 spiro atoms. The van der Waals surface area contributed by atoms with E-state index < -0.39 is 11.5 Å². The van der Waals surface area contributed by atoms with Crippen LogP contribution in [-0.4, -0.2) is 34.7 Å². The molecule has 0 heterocycles. The Balaban J connectivity index is 5.12. The molecule has 1 atom stereocenters. The number of thioether (sulfide) groups is 1. The van der Waals surface area contributed by atoms with Gasteiger partial charge in [-0.15, -0.1) is 0 Å². The molecule has 110 valence electrons. The van der Waals surface area contributed by atoms with Crippen LogP contribution in [0.5, 0.6) is 0 Å². The molecule has 0 rings (SSSR count). The summed E-state index contributed by atoms with van der Waals surface area (Å²) in [5, 5.41) is 0. The molecular formula is C14H25NO3S. The molecule has 0 aromatic heterocycles. The molecule has 0 aliphatic carbocycles. The number of carbonyl (C=O) groups is 1. The number of unbranched alkanes of at least 4 members (excludes halogenated alkanes) is 1. The third kappa shape index (κ3) is 6.79. The summed E-state index contributed by atoms with van der Waals surface area (Å²) in [7, 11) is 0. The maximum absolute atomic E-state index is 12.2. The summed E-state index contributed by atoms with van der Waals surface area (Å²) in [5.74, 6) is 0.0356. The minimum Gasteiger partial charge on any atom is -0.464 e. The van der Waals surface area contributed by atoms with Crippen molar-refractivity contribution < 1.29 is 14.3 Å². The molecule has 0 fully saturated rings. The van der Waals surface area contributed by atoms with Crippen molar-refractivity contribution in [1.82, 2.24) is 0 Å². The van der Waals surface area contributed by atoms with Crippen LogP contribution in [0.25, 0.3) is 0 Å². The second kappa shape index (κ2) is 8.39. The summed E-state index contributed by atoms with van der Waals surface area (Å²) in [6.45, 7) is 10.3. The van der Waals surface area contributed by atoms with Crippen LogP contribution in [0.15, 0.2) is 4.99 Å². The lowest BCUT2D eigenvalue weighted by atomic mass is 9.95. The van der Waals surface area contributed by atoms with E-state index in [-0.39, 0.29) is 4.75 Å². The number of ether oxygens (including phenoxy) is 1. The number of hydrogen-bond donors (Lipinski definition) is 0. The van der Waals surface area contributed by atoms with Crippen LogP contribution in [0.2, 0.25) is 0 Å². The zero-order valence-electron chi connectivity index (χ0n) is 12.6. The molecule has 0 unspecified atom stereocenters. The maximum Gasteiger partial charge on any atom is 0.335 e. The van der Waals surface area contributed by atoms with Gasteiger partial charge in [-0.05, 0) is 13.3 Å². The van der Waals surface area contributed by atoms with Crippen molar-refractivity contribution in [3.05, 3.63) is 0 Å². The fourth-order valence-corrected chi connectivity index (χ4v) is 2.52. The summed E-state index contributed by atoms with van der Waals surface area (Å²) in [5.41, 5.74) is -1.08. The molecule has 0 radical (unpaired) electrons. The van der Waals surface area contributed by atoms with E-state index in [0.29, 0.717) is 18.8 Å². The Labute approximate surface area is 120 Å². The molecule has 0 bridgehead atoms. The third-order valence-electron chi connectivity index (χ3n) is 2.60. The monoisotopic (exact) mass is 287 g/mol. The first-order chi connectivity index (χ1) is 8.81. The van der Waals surface area contributed by atoms with Gasteiger partial charge in [-0.3, -0.25) is 0 Å². The van der Waals surface area contributed by atoms with E-state index in [1.165, 1.54) is 0 Å². The van der Waals surface area contributed by atoms with Crippen molar-refractivity contribution in [3.63, 3.8) is 0 Å². The van der Waals surface area contributed by atoms with Crippen LogP contribution in [0.4, 0.5) is 0 Å². The number of esters is 1. The van der Waals surface area contributed by atoms with Gasteiger partial charge in [-0.1, -0.05) is 40.5 Å². The van der Waals surface area contributed by atoms with E-state index in [1.807, 2.05) is 6.92 Å². The highest BCUT2D eigenvalue weighted by molar-refractivity contribution is 8.00. The number of rotatable bonds is 8. The highest BCUT2D eigenvalue weighted by Gasteiger charge is 2.40. The quantitative estimate of drug-likeness (QED) is 0.390. The van der Waals surface area contributed by atoms with E-state index >= 15 is 0 Å². The van der Waals surface area contributed by atoms with Gasteiger partial charge in [0.2, 0.25) is 6.08 Å². The van der Waals surface area contributed by atoms with Crippen LogP contribution in [-0.2, 0) is 14.3 Å². The van der Waals surface area contributed by atoms with Crippen LogP contribution in [0.3, 0.4) is 0 Å². The largest absolute Gasteiger partial charge is 0.464 e. The molecule has 0 saturated carbocycles. The van der Waals surface area contributed by atoms with Gasteiger partial charge in [-0.25, -0.2) is 9.59 Å². The fraction of sp³-hybridized carbons (Fsp3) is 0.857. The van der Waals surface area contributed by atoms with Gasteiger partial charge in [0.25, 0.3) is 0 Å². The number of carbonyl (C=O) groups excluding carboxylic acids is 2. The molecule has 4 nitrogen and oxygen atoms in total. The Kier molecular flexibility index (Phi) is 8.03. The third-order valence-corrected chi connectivity index (χ3v) is 4.09. The summed E-state index contributed by atoms with van der Waals surface area (Å²) in [4.78, 5) is 26.7. The number of nitrogens with zero attached hydrogens (tertiary/aromatic N) is 1. The molecule has 0 aromatic carbocycles. The Morgan fingerprint density at radius 3 is 2.37 bits per heavy atom. The normalized spacial score (nSPS) is 14.4. The topological polar surface area (TPSA) is 55.7 Å².